The van der Waals surface area contributed by atoms with E-state index in [1.807, 2.05) is 0 Å². The summed E-state index contributed by atoms with van der Waals surface area (Å²) in [4.78, 5) is 16.9. The van der Waals surface area contributed by atoms with Crippen LogP contribution in [0.2, 0.25) is 0 Å². The van der Waals surface area contributed by atoms with E-state index in [2.05, 4.69) is 15.6 Å². The van der Waals surface area contributed by atoms with Gasteiger partial charge in [0.15, 0.2) is 5.13 Å². The summed E-state index contributed by atoms with van der Waals surface area (Å²) >= 11 is 1.30. The van der Waals surface area contributed by atoms with Crippen LogP contribution in [0.4, 0.5) is 10.9 Å². The molecule has 2 aliphatic carbocycles. The third-order valence-electron chi connectivity index (χ3n) is 4.38. The standard InChI is InChI=1S/C14H22N4O2S/c1-20-7-6-16-13-18-11(15)10(21-13)12(19)17-8-14(4-5-14)9-2-3-9/h9H,2-8,15H2,1H3,(H,16,18)(H,17,19). The summed E-state index contributed by atoms with van der Waals surface area (Å²) in [6.45, 7) is 2.01. The van der Waals surface area contributed by atoms with Crippen molar-refractivity contribution in [3.8, 4) is 0 Å². The summed E-state index contributed by atoms with van der Waals surface area (Å²) in [5.74, 6) is 1.04. The molecule has 3 rings (SSSR count). The van der Waals surface area contributed by atoms with Crippen LogP contribution in [0.25, 0.3) is 0 Å². The van der Waals surface area contributed by atoms with Gasteiger partial charge in [0, 0.05) is 20.2 Å². The van der Waals surface area contributed by atoms with Gasteiger partial charge in [-0.05, 0) is 37.0 Å². The number of thiazole rings is 1. The van der Waals surface area contributed by atoms with Crippen LogP contribution in [0, 0.1) is 11.3 Å². The zero-order valence-electron chi connectivity index (χ0n) is 12.3. The van der Waals surface area contributed by atoms with Gasteiger partial charge in [0.1, 0.15) is 10.7 Å². The van der Waals surface area contributed by atoms with E-state index in [4.69, 9.17) is 10.5 Å². The maximum absolute atomic E-state index is 12.3. The maximum atomic E-state index is 12.3. The summed E-state index contributed by atoms with van der Waals surface area (Å²) in [6, 6.07) is 0. The smallest absolute Gasteiger partial charge is 0.265 e. The lowest BCUT2D eigenvalue weighted by molar-refractivity contribution is 0.0947. The van der Waals surface area contributed by atoms with E-state index in [1.54, 1.807) is 7.11 Å². The van der Waals surface area contributed by atoms with E-state index >= 15 is 0 Å². The van der Waals surface area contributed by atoms with Crippen molar-refractivity contribution >= 4 is 28.2 Å². The topological polar surface area (TPSA) is 89.3 Å². The highest BCUT2D eigenvalue weighted by Crippen LogP contribution is 2.60. The number of anilines is 2. The normalized spacial score (nSPS) is 19.3. The summed E-state index contributed by atoms with van der Waals surface area (Å²) in [5, 5.41) is 6.81. The van der Waals surface area contributed by atoms with Crippen molar-refractivity contribution in [1.82, 2.24) is 10.3 Å². The van der Waals surface area contributed by atoms with Gasteiger partial charge in [0.05, 0.1) is 6.61 Å². The molecule has 116 valence electrons. The SMILES string of the molecule is COCCNc1nc(N)c(C(=O)NCC2(C3CC3)CC2)s1. The monoisotopic (exact) mass is 310 g/mol. The molecule has 21 heavy (non-hydrogen) atoms. The number of nitrogens with one attached hydrogen (secondary N) is 2. The van der Waals surface area contributed by atoms with Crippen LogP contribution in [0.5, 0.6) is 0 Å². The number of nitrogen functional groups attached to an aromatic ring is 1. The van der Waals surface area contributed by atoms with E-state index in [-0.39, 0.29) is 5.91 Å². The number of carbonyl (C=O) groups is 1. The van der Waals surface area contributed by atoms with Crippen molar-refractivity contribution < 1.29 is 9.53 Å². The molecule has 0 aromatic carbocycles. The van der Waals surface area contributed by atoms with Crippen LogP contribution >= 0.6 is 11.3 Å². The lowest BCUT2D eigenvalue weighted by Gasteiger charge is -2.14. The number of carbonyl (C=O) groups excluding carboxylic acids is 1. The van der Waals surface area contributed by atoms with Crippen molar-refractivity contribution in [3.63, 3.8) is 0 Å². The molecule has 0 atom stereocenters. The minimum Gasteiger partial charge on any atom is -0.383 e. The van der Waals surface area contributed by atoms with Crippen LogP contribution in [0.1, 0.15) is 35.4 Å². The maximum Gasteiger partial charge on any atom is 0.265 e. The molecule has 0 aliphatic heterocycles. The molecule has 0 unspecified atom stereocenters. The third kappa shape index (κ3) is 3.29. The van der Waals surface area contributed by atoms with Crippen molar-refractivity contribution in [3.05, 3.63) is 4.88 Å². The van der Waals surface area contributed by atoms with Gasteiger partial charge in [0.25, 0.3) is 5.91 Å². The summed E-state index contributed by atoms with van der Waals surface area (Å²) in [5.41, 5.74) is 6.24. The number of nitrogens with two attached hydrogens (primary N) is 1. The number of hydrogen-bond donors (Lipinski definition) is 3. The first-order valence-electron chi connectivity index (χ1n) is 7.42. The molecule has 0 radical (unpaired) electrons. The fourth-order valence-electron chi connectivity index (χ4n) is 2.75. The molecule has 0 spiro atoms. The fraction of sp³-hybridized carbons (Fsp3) is 0.714. The van der Waals surface area contributed by atoms with Gasteiger partial charge in [-0.15, -0.1) is 0 Å². The predicted octanol–water partition coefficient (Wildman–Crippen LogP) is 1.70. The Bertz CT molecular complexity index is 523. The molecular formula is C14H22N4O2S. The molecule has 2 saturated carbocycles. The van der Waals surface area contributed by atoms with Crippen molar-refractivity contribution in [2.75, 3.05) is 37.9 Å². The molecule has 2 fully saturated rings. The average molecular weight is 310 g/mol. The first kappa shape index (κ1) is 14.6. The van der Waals surface area contributed by atoms with E-state index < -0.39 is 0 Å². The number of nitrogens with zero attached hydrogens (tertiary/aromatic N) is 1. The largest absolute Gasteiger partial charge is 0.383 e. The average Bonchev–Trinajstić information content (AvgIpc) is 3.35. The van der Waals surface area contributed by atoms with E-state index in [9.17, 15) is 4.79 Å². The minimum absolute atomic E-state index is 0.100. The fourth-order valence-corrected chi connectivity index (χ4v) is 3.58. The highest BCUT2D eigenvalue weighted by molar-refractivity contribution is 7.18. The van der Waals surface area contributed by atoms with Gasteiger partial charge < -0.3 is 21.1 Å². The molecular weight excluding hydrogens is 288 g/mol. The highest BCUT2D eigenvalue weighted by Gasteiger charge is 2.53. The lowest BCUT2D eigenvalue weighted by Crippen LogP contribution is -2.31. The van der Waals surface area contributed by atoms with Crippen LogP contribution < -0.4 is 16.4 Å². The van der Waals surface area contributed by atoms with Crippen molar-refractivity contribution in [2.45, 2.75) is 25.7 Å². The van der Waals surface area contributed by atoms with Gasteiger partial charge in [0.2, 0.25) is 0 Å². The minimum atomic E-state index is -0.100. The number of methoxy groups -OCH3 is 1. The second-order valence-electron chi connectivity index (χ2n) is 5.97. The van der Waals surface area contributed by atoms with E-state index in [1.165, 1.54) is 37.0 Å². The third-order valence-corrected chi connectivity index (χ3v) is 5.41. The first-order valence-corrected chi connectivity index (χ1v) is 8.23. The van der Waals surface area contributed by atoms with Crippen LogP contribution in [-0.4, -0.2) is 37.7 Å². The van der Waals surface area contributed by atoms with Gasteiger partial charge in [-0.1, -0.05) is 11.3 Å². The van der Waals surface area contributed by atoms with Gasteiger partial charge >= 0.3 is 0 Å². The zero-order valence-corrected chi connectivity index (χ0v) is 13.1. The number of rotatable bonds is 8. The molecule has 0 bridgehead atoms. The van der Waals surface area contributed by atoms with E-state index in [0.717, 1.165) is 12.5 Å². The van der Waals surface area contributed by atoms with Gasteiger partial charge in [-0.3, -0.25) is 4.79 Å². The Kier molecular flexibility index (Phi) is 4.03. The Morgan fingerprint density at radius 3 is 2.90 bits per heavy atom. The Morgan fingerprint density at radius 1 is 1.52 bits per heavy atom. The van der Waals surface area contributed by atoms with E-state index in [0.29, 0.717) is 34.4 Å². The van der Waals surface area contributed by atoms with Gasteiger partial charge in [-0.25, -0.2) is 4.98 Å². The zero-order chi connectivity index (χ0) is 14.9. The molecule has 1 heterocycles. The Labute approximate surface area is 128 Å². The Balaban J connectivity index is 1.54. The van der Waals surface area contributed by atoms with Crippen LogP contribution in [-0.2, 0) is 4.74 Å². The number of ether oxygens (including phenoxy) is 1. The first-order chi connectivity index (χ1) is 10.1. The van der Waals surface area contributed by atoms with Crippen LogP contribution in [0.3, 0.4) is 0 Å². The van der Waals surface area contributed by atoms with Gasteiger partial charge in [-0.2, -0.15) is 0 Å². The summed E-state index contributed by atoms with van der Waals surface area (Å²) in [7, 11) is 1.64. The second kappa shape index (κ2) is 5.81. The molecule has 4 N–H and O–H groups in total. The quantitative estimate of drug-likeness (QED) is 0.636. The summed E-state index contributed by atoms with van der Waals surface area (Å²) < 4.78 is 4.96. The second-order valence-corrected chi connectivity index (χ2v) is 6.97. The van der Waals surface area contributed by atoms with Crippen LogP contribution in [0.15, 0.2) is 0 Å². The number of amides is 1. The molecule has 7 heteroatoms. The Hall–Kier alpha value is -1.34. The molecule has 6 nitrogen and oxygen atoms in total. The number of aromatic nitrogens is 1. The lowest BCUT2D eigenvalue weighted by atomic mass is 10.0. The molecule has 0 saturated heterocycles. The molecule has 1 aromatic heterocycles. The molecule has 1 aromatic rings. The summed E-state index contributed by atoms with van der Waals surface area (Å²) in [6.07, 6.45) is 5.15. The molecule has 2 aliphatic rings. The highest BCUT2D eigenvalue weighted by atomic mass is 32.1. The predicted molar refractivity (Wildman–Crippen MR) is 83.6 cm³/mol. The number of hydrogen-bond acceptors (Lipinski definition) is 6. The molecule has 1 amide bonds. The van der Waals surface area contributed by atoms with Crippen molar-refractivity contribution in [2.24, 2.45) is 11.3 Å². The van der Waals surface area contributed by atoms with Crippen molar-refractivity contribution in [1.29, 1.82) is 0 Å². The Morgan fingerprint density at radius 2 is 2.29 bits per heavy atom.